The first kappa shape index (κ1) is 80.5. The largest absolute Gasteiger partial charge is 1.00 e. The number of aromatic hydroxyl groups is 3. The van der Waals surface area contributed by atoms with Crippen LogP contribution in [0.3, 0.4) is 0 Å². The van der Waals surface area contributed by atoms with Gasteiger partial charge in [-0.25, -0.2) is 41.8 Å². The number of pyridine rings is 1. The Labute approximate surface area is 636 Å². The Bertz CT molecular complexity index is 5190. The highest BCUT2D eigenvalue weighted by Crippen LogP contribution is 2.43. The number of nitrogens with zero attached hydrogens (tertiary/aromatic N) is 12. The molecule has 0 fully saturated rings. The van der Waals surface area contributed by atoms with Gasteiger partial charge in [0.1, 0.15) is 88.4 Å². The van der Waals surface area contributed by atoms with E-state index in [4.69, 9.17) is 67.4 Å². The molecule has 3 aliphatic heterocycles. The molecule has 7 aromatic carbocycles. The molecule has 560 valence electrons. The number of halogens is 3. The lowest BCUT2D eigenvalue weighted by atomic mass is 10.1. The highest BCUT2D eigenvalue weighted by atomic mass is 35.7. The predicted molar refractivity (Wildman–Crippen MR) is 373 cm³/mol. The summed E-state index contributed by atoms with van der Waals surface area (Å²) in [6.07, 6.45) is 4.39. The van der Waals surface area contributed by atoms with Crippen LogP contribution in [0.2, 0.25) is 0 Å². The first-order valence-corrected chi connectivity index (χ1v) is 36.5. The third kappa shape index (κ3) is 22.5. The van der Waals surface area contributed by atoms with E-state index in [1.54, 1.807) is 65.9 Å². The number of azo groups is 3. The number of phenolic OH excluding ortho intramolecular Hbond substituents is 3. The van der Waals surface area contributed by atoms with Crippen molar-refractivity contribution in [3.63, 3.8) is 0 Å². The number of fused-ring (bicyclic) bond motifs is 4. The van der Waals surface area contributed by atoms with Crippen LogP contribution in [0, 0.1) is 32.8 Å². The van der Waals surface area contributed by atoms with Crippen molar-refractivity contribution in [2.75, 3.05) is 62.5 Å². The van der Waals surface area contributed by atoms with Gasteiger partial charge in [-0.2, -0.15) is 13.9 Å². The van der Waals surface area contributed by atoms with Crippen LogP contribution in [0.25, 0.3) is 32.8 Å². The van der Waals surface area contributed by atoms with Crippen LogP contribution in [0.1, 0.15) is 5.69 Å². The molecule has 15 rings (SSSR count). The number of hydrogen-bond donors (Lipinski definition) is 9. The summed E-state index contributed by atoms with van der Waals surface area (Å²) in [5.41, 5.74) is 16.5. The fraction of sp³-hybridized carbons (Fsp3) is 0.130. The fourth-order valence-electron chi connectivity index (χ4n) is 10.0. The first-order chi connectivity index (χ1) is 51.3. The molecular formula is C69H64Cl3N17O16S3. The van der Waals surface area contributed by atoms with Crippen molar-refractivity contribution in [1.82, 2.24) is 4.73 Å². The number of thiazole rings is 3. The molecule has 11 aromatic rings. The van der Waals surface area contributed by atoms with E-state index in [-0.39, 0.29) is 40.9 Å². The summed E-state index contributed by atoms with van der Waals surface area (Å²) in [7, 11) is -6.46. The quantitative estimate of drug-likeness (QED) is 0.0290. The minimum atomic E-state index is -4.94. The van der Waals surface area contributed by atoms with Crippen LogP contribution in [-0.2, 0) is 11.8 Å². The average molecular weight is 1590 g/mol. The molecule has 108 heavy (non-hydrogen) atoms. The van der Waals surface area contributed by atoms with E-state index in [0.717, 1.165) is 83.7 Å². The van der Waals surface area contributed by atoms with Gasteiger partial charge in [0.2, 0.25) is 0 Å². The molecule has 0 radical (unpaired) electrons. The van der Waals surface area contributed by atoms with Crippen molar-refractivity contribution < 1.29 is 123 Å². The van der Waals surface area contributed by atoms with Gasteiger partial charge in [0.05, 0.1) is 62.7 Å². The van der Waals surface area contributed by atoms with Crippen LogP contribution in [-0.4, -0.2) is 83.2 Å². The van der Waals surface area contributed by atoms with Crippen molar-refractivity contribution in [1.29, 1.82) is 5.41 Å². The van der Waals surface area contributed by atoms with Gasteiger partial charge in [0, 0.05) is 84.6 Å². The van der Waals surface area contributed by atoms with Crippen LogP contribution < -0.4 is 105 Å². The predicted octanol–water partition coefficient (Wildman–Crippen LogP) is 1.41. The Morgan fingerprint density at radius 3 is 1.47 bits per heavy atom. The number of para-hydroxylation sites is 3. The molecular weight excluding hydrogens is 1530 g/mol. The Morgan fingerprint density at radius 2 is 0.991 bits per heavy atom. The lowest BCUT2D eigenvalue weighted by molar-refractivity contribution is -2.00. The molecule has 10 N–H and O–H groups in total. The maximum atomic E-state index is 10.4. The van der Waals surface area contributed by atoms with E-state index in [1.807, 2.05) is 126 Å². The smallest absolute Gasteiger partial charge is 0.414 e. The van der Waals surface area contributed by atoms with Gasteiger partial charge in [-0.15, -0.1) is 30.7 Å². The summed E-state index contributed by atoms with van der Waals surface area (Å²) in [6.45, 7) is 5.95. The van der Waals surface area contributed by atoms with E-state index in [1.165, 1.54) is 48.1 Å². The summed E-state index contributed by atoms with van der Waals surface area (Å²) in [5.74, 6) is 2.66. The number of anilines is 3. The van der Waals surface area contributed by atoms with Gasteiger partial charge in [-0.1, -0.05) is 84.9 Å². The first-order valence-electron chi connectivity index (χ1n) is 31.4. The van der Waals surface area contributed by atoms with Crippen LogP contribution in [0.15, 0.2) is 251 Å². The number of allylic oxidation sites excluding steroid dienone is 2. The number of phenols is 3. The molecule has 0 amide bonds. The molecule has 0 unspecified atom stereocenters. The summed E-state index contributed by atoms with van der Waals surface area (Å²) < 4.78 is 97.9. The van der Waals surface area contributed by atoms with E-state index >= 15 is 0 Å². The van der Waals surface area contributed by atoms with Gasteiger partial charge >= 0.3 is 15.4 Å². The molecule has 33 nitrogen and oxygen atoms in total. The summed E-state index contributed by atoms with van der Waals surface area (Å²) >= 11 is 4.55. The minimum Gasteiger partial charge on any atom is -1.00 e. The molecule has 0 atom stereocenters. The second kappa shape index (κ2) is 37.6. The average Bonchev–Trinajstić information content (AvgIpc) is 1.59. The SMILES string of the molecule is COC1=CC(=NN=c2ccccn2O)C(=N)C=C1N.C[n+]1c(N=Nc2cc3c(cc2O)NCCO3)sc2ccccc21.Cc1csc(N=Nc2cc3c(cc2O)NCCO3)[n+]1-c1ccccc1.Oc1cc2c(cc1N=Nc1scc(-c3ccccc3)[n+]1-c1ccccc1)OCCN2.[Cl-].[O-][Cl+3]([O-])([O-])[O-].[O-][Cl+3]([O-])([O-])[O-]. The normalized spacial score (nSPS) is 13.9. The highest BCUT2D eigenvalue weighted by molar-refractivity contribution is 7.21. The van der Waals surface area contributed by atoms with Crippen molar-refractivity contribution in [2.45, 2.75) is 6.92 Å². The minimum absolute atomic E-state index is 0. The van der Waals surface area contributed by atoms with Gasteiger partial charge in [0.15, 0.2) is 28.2 Å². The maximum absolute atomic E-state index is 10.4. The van der Waals surface area contributed by atoms with Crippen molar-refractivity contribution >= 4 is 105 Å². The third-order valence-corrected chi connectivity index (χ3v) is 17.7. The van der Waals surface area contributed by atoms with Crippen LogP contribution >= 0.6 is 34.0 Å². The molecule has 39 heteroatoms. The van der Waals surface area contributed by atoms with Gasteiger partial charge in [0.25, 0.3) is 0 Å². The van der Waals surface area contributed by atoms with Crippen LogP contribution in [0.4, 0.5) is 49.5 Å². The number of aryl methyl sites for hydroxylation is 2. The van der Waals surface area contributed by atoms with Crippen molar-refractivity contribution in [3.8, 4) is 57.1 Å². The Morgan fingerprint density at radius 1 is 0.556 bits per heavy atom. The van der Waals surface area contributed by atoms with Gasteiger partial charge < -0.3 is 73.6 Å². The standard InChI is InChI=1S/C23H18N4O2S.C18H16N4O2S.C16H14N4O2S.C12H13N5O2.2ClHO4.ClH/c28-21-13-19-22(29-12-11-24-19)14-18(21)25-26-23-27(17-9-5-2-6-10-17)20(15-30-23)16-7-3-1-4-8-16;1-12-11-25-18(22(12)13-5-3-2-4-6-13)21-20-14-10-17-15(9-16(14)23)19-7-8-24-17;1-20-12-4-2-3-5-15(12)23-16(20)19-18-10-9-14-11(8-13(10)21)17-6-7-22-14;1-19-11-7-10(8(13)6-9(11)14)15-16-12-4-2-3-5-17(12)18;2*2-1(3,4)5;/h1-10,13-15H,11-12H2,(H,24,28);2-6,9-11H,7-8H2,1H3,(H,19,23);2-5,8-9H,6-7H2,1H3,(H,17,21);2-7,13,18H,14H2,1H3;2*(H,2,3,4,5);1H. The lowest BCUT2D eigenvalue weighted by Crippen LogP contribution is -3.00. The zero-order chi connectivity index (χ0) is 76.2. The topological polar surface area (TPSA) is 504 Å². The number of nitrogens with one attached hydrogen (secondary N) is 4. The van der Waals surface area contributed by atoms with E-state index in [9.17, 15) is 20.5 Å². The molecule has 7 heterocycles. The number of benzene rings is 7. The van der Waals surface area contributed by atoms with Crippen molar-refractivity contribution in [2.24, 2.45) is 53.7 Å². The molecule has 0 spiro atoms. The number of ether oxygens (including phenoxy) is 4. The second-order valence-electron chi connectivity index (χ2n) is 22.1. The molecule has 0 saturated carbocycles. The van der Waals surface area contributed by atoms with E-state index in [2.05, 4.69) is 85.0 Å². The zero-order valence-corrected chi connectivity index (χ0v) is 61.5. The molecule has 4 aliphatic rings. The van der Waals surface area contributed by atoms with Gasteiger partial charge in [-0.05, 0) is 111 Å². The molecule has 0 bridgehead atoms. The Hall–Kier alpha value is -11.6. The number of rotatable bonds is 11. The molecule has 0 saturated heterocycles. The zero-order valence-electron chi connectivity index (χ0n) is 56.8. The second-order valence-corrected chi connectivity index (χ2v) is 26.3. The fourth-order valence-corrected chi connectivity index (χ4v) is 12.7. The molecule has 4 aromatic heterocycles. The number of aromatic nitrogens is 4. The number of nitrogens with two attached hydrogens (primary N) is 1. The highest BCUT2D eigenvalue weighted by Gasteiger charge is 2.26. The number of methoxy groups -OCH3 is 1. The van der Waals surface area contributed by atoms with E-state index in [0.29, 0.717) is 83.0 Å². The molecule has 1 aliphatic carbocycles. The van der Waals surface area contributed by atoms with Crippen molar-refractivity contribution in [3.05, 3.63) is 222 Å². The third-order valence-electron chi connectivity index (χ3n) is 14.8. The maximum Gasteiger partial charge on any atom is 0.414 e. The Kier molecular flexibility index (Phi) is 28.0. The van der Waals surface area contributed by atoms with Gasteiger partial charge in [-0.3, -0.25) is 5.41 Å². The van der Waals surface area contributed by atoms with E-state index < -0.39 is 20.5 Å². The summed E-state index contributed by atoms with van der Waals surface area (Å²) in [5, 5.41) is 97.4. The lowest BCUT2D eigenvalue weighted by Gasteiger charge is -2.19. The summed E-state index contributed by atoms with van der Waals surface area (Å²) in [4.78, 5) is 0. The summed E-state index contributed by atoms with van der Waals surface area (Å²) in [6, 6.07) is 53.2. The monoisotopic (exact) mass is 1590 g/mol. The Balaban J connectivity index is 0.000000160. The number of hydrogen-bond acceptors (Lipinski definition) is 32. The van der Waals surface area contributed by atoms with Crippen LogP contribution in [0.5, 0.6) is 34.5 Å².